The first kappa shape index (κ1) is 20.5. The molecule has 0 fully saturated rings. The number of hydrogen-bond acceptors (Lipinski definition) is 6. The molecule has 2 N–H and O–H groups in total. The summed E-state index contributed by atoms with van der Waals surface area (Å²) in [5.41, 5.74) is 2.84. The van der Waals surface area contributed by atoms with Gasteiger partial charge in [-0.3, -0.25) is 10.1 Å². The van der Waals surface area contributed by atoms with Crippen LogP contribution in [0.4, 0.5) is 5.13 Å². The molecule has 1 amide bonds. The van der Waals surface area contributed by atoms with E-state index in [0.717, 1.165) is 32.4 Å². The maximum absolute atomic E-state index is 13.1. The molecule has 0 bridgehead atoms. The van der Waals surface area contributed by atoms with Crippen molar-refractivity contribution in [3.63, 3.8) is 0 Å². The lowest BCUT2D eigenvalue weighted by Crippen LogP contribution is -2.34. The van der Waals surface area contributed by atoms with E-state index in [1.54, 1.807) is 6.07 Å². The van der Waals surface area contributed by atoms with Crippen LogP contribution >= 0.6 is 39.5 Å². The molecule has 2 aromatic heterocycles. The molecule has 2 aromatic carbocycles. The number of halogens is 1. The highest BCUT2D eigenvalue weighted by Gasteiger charge is 2.16. The summed E-state index contributed by atoms with van der Waals surface area (Å²) < 4.78 is 0.940. The van der Waals surface area contributed by atoms with Crippen LogP contribution in [0.3, 0.4) is 0 Å². The summed E-state index contributed by atoms with van der Waals surface area (Å²) in [4.78, 5) is 17.8. The third-order valence-electron chi connectivity index (χ3n) is 4.30. The monoisotopic (exact) mass is 497 g/mol. The van der Waals surface area contributed by atoms with Crippen LogP contribution in [0.2, 0.25) is 0 Å². The Balaban J connectivity index is 1.64. The molecule has 9 heteroatoms. The summed E-state index contributed by atoms with van der Waals surface area (Å²) in [6.45, 7) is 2.00. The maximum Gasteiger partial charge on any atom is 0.258 e. The molecule has 0 saturated carbocycles. The van der Waals surface area contributed by atoms with Crippen LogP contribution in [0, 0.1) is 0 Å². The minimum atomic E-state index is -0.317. The van der Waals surface area contributed by atoms with E-state index < -0.39 is 0 Å². The van der Waals surface area contributed by atoms with E-state index in [-0.39, 0.29) is 11.0 Å². The van der Waals surface area contributed by atoms with Crippen molar-refractivity contribution in [2.45, 2.75) is 13.3 Å². The van der Waals surface area contributed by atoms with Crippen molar-refractivity contribution in [3.8, 4) is 11.3 Å². The number of aryl methyl sites for hydroxylation is 1. The second kappa shape index (κ2) is 8.95. The number of rotatable bonds is 4. The number of carbonyl (C=O) groups is 1. The van der Waals surface area contributed by atoms with Gasteiger partial charge in [-0.1, -0.05) is 64.5 Å². The van der Waals surface area contributed by atoms with E-state index in [4.69, 9.17) is 17.2 Å². The summed E-state index contributed by atoms with van der Waals surface area (Å²) in [6.07, 6.45) is 0.792. The third kappa shape index (κ3) is 4.53. The van der Waals surface area contributed by atoms with Gasteiger partial charge in [0.1, 0.15) is 5.01 Å². The van der Waals surface area contributed by atoms with Gasteiger partial charge in [0.15, 0.2) is 5.11 Å². The van der Waals surface area contributed by atoms with Gasteiger partial charge in [0.25, 0.3) is 5.91 Å². The maximum atomic E-state index is 13.1. The molecule has 0 aliphatic carbocycles. The predicted molar refractivity (Wildman–Crippen MR) is 128 cm³/mol. The number of amides is 1. The molecule has 2 heterocycles. The fourth-order valence-corrected chi connectivity index (χ4v) is 4.24. The quantitative estimate of drug-likeness (QED) is 0.377. The highest BCUT2D eigenvalue weighted by atomic mass is 79.9. The molecule has 0 unspecified atom stereocenters. The minimum absolute atomic E-state index is 0.170. The fraction of sp³-hybridized carbons (Fsp3) is 0.0952. The van der Waals surface area contributed by atoms with Gasteiger partial charge in [-0.2, -0.15) is 0 Å². The Morgan fingerprint density at radius 2 is 1.97 bits per heavy atom. The lowest BCUT2D eigenvalue weighted by atomic mass is 10.0. The van der Waals surface area contributed by atoms with Gasteiger partial charge >= 0.3 is 0 Å². The number of aromatic nitrogens is 3. The Kier molecular flexibility index (Phi) is 6.12. The lowest BCUT2D eigenvalue weighted by Gasteiger charge is -2.11. The molecule has 150 valence electrons. The second-order valence-corrected chi connectivity index (χ2v) is 8.73. The molecule has 0 atom stereocenters. The van der Waals surface area contributed by atoms with E-state index in [1.165, 1.54) is 11.3 Å². The Morgan fingerprint density at radius 1 is 1.13 bits per heavy atom. The average Bonchev–Trinajstić information content (AvgIpc) is 3.20. The standard InChI is InChI=1S/C21H16BrN5OS2/c1-2-18-26-27-21(30-18)25-20(29)24-19(28)15-11-17(12-6-5-7-13(22)10-12)23-16-9-4-3-8-14(15)16/h3-11H,2H2,1H3,(H2,24,25,27,28,29). The number of hydrogen-bond donors (Lipinski definition) is 2. The Morgan fingerprint density at radius 3 is 2.73 bits per heavy atom. The van der Waals surface area contributed by atoms with E-state index in [2.05, 4.69) is 36.8 Å². The molecular weight excluding hydrogens is 482 g/mol. The molecule has 4 rings (SSSR count). The first-order chi connectivity index (χ1) is 14.5. The van der Waals surface area contributed by atoms with Crippen LogP contribution in [0.5, 0.6) is 0 Å². The second-order valence-electron chi connectivity index (χ2n) is 6.35. The summed E-state index contributed by atoms with van der Waals surface area (Å²) in [5.74, 6) is -0.317. The zero-order valence-electron chi connectivity index (χ0n) is 15.8. The first-order valence-electron chi connectivity index (χ1n) is 9.14. The van der Waals surface area contributed by atoms with Crippen molar-refractivity contribution < 1.29 is 4.79 Å². The van der Waals surface area contributed by atoms with Crippen LogP contribution < -0.4 is 10.6 Å². The van der Waals surface area contributed by atoms with E-state index >= 15 is 0 Å². The van der Waals surface area contributed by atoms with Crippen molar-refractivity contribution in [3.05, 3.63) is 69.6 Å². The van der Waals surface area contributed by atoms with Crippen molar-refractivity contribution in [1.82, 2.24) is 20.5 Å². The topological polar surface area (TPSA) is 79.8 Å². The van der Waals surface area contributed by atoms with Crippen molar-refractivity contribution in [1.29, 1.82) is 0 Å². The van der Waals surface area contributed by atoms with E-state index in [1.807, 2.05) is 55.5 Å². The SMILES string of the molecule is CCc1nnc(NC(=S)NC(=O)c2cc(-c3cccc(Br)c3)nc3ccccc23)s1. The Hall–Kier alpha value is -2.75. The molecule has 0 aliphatic heterocycles. The molecule has 4 aromatic rings. The summed E-state index contributed by atoms with van der Waals surface area (Å²) in [6, 6.07) is 17.1. The number of fused-ring (bicyclic) bond motifs is 1. The number of pyridine rings is 1. The highest BCUT2D eigenvalue weighted by molar-refractivity contribution is 9.10. The molecule has 0 spiro atoms. The Bertz CT molecular complexity index is 1260. The summed E-state index contributed by atoms with van der Waals surface area (Å²) in [5, 5.41) is 16.1. The largest absolute Gasteiger partial charge is 0.307 e. The Labute approximate surface area is 190 Å². The zero-order chi connectivity index (χ0) is 21.1. The smallest absolute Gasteiger partial charge is 0.258 e. The molecule has 0 aliphatic rings. The van der Waals surface area contributed by atoms with Crippen molar-refractivity contribution in [2.75, 3.05) is 5.32 Å². The number of nitrogens with one attached hydrogen (secondary N) is 2. The van der Waals surface area contributed by atoms with Gasteiger partial charge in [-0.15, -0.1) is 10.2 Å². The first-order valence-corrected chi connectivity index (χ1v) is 11.2. The number of thiocarbonyl (C=S) groups is 1. The van der Waals surface area contributed by atoms with Crippen LogP contribution in [-0.4, -0.2) is 26.2 Å². The van der Waals surface area contributed by atoms with Crippen LogP contribution in [0.1, 0.15) is 22.3 Å². The predicted octanol–water partition coefficient (Wildman–Crippen LogP) is 5.21. The molecule has 30 heavy (non-hydrogen) atoms. The van der Waals surface area contributed by atoms with Crippen LogP contribution in [0.15, 0.2) is 59.1 Å². The van der Waals surface area contributed by atoms with Gasteiger partial charge < -0.3 is 5.32 Å². The number of para-hydroxylation sites is 1. The molecular formula is C21H16BrN5OS2. The van der Waals surface area contributed by atoms with E-state index in [0.29, 0.717) is 16.4 Å². The molecule has 6 nitrogen and oxygen atoms in total. The van der Waals surface area contributed by atoms with Gasteiger partial charge in [-0.05, 0) is 42.9 Å². The van der Waals surface area contributed by atoms with Crippen molar-refractivity contribution >= 4 is 66.5 Å². The summed E-state index contributed by atoms with van der Waals surface area (Å²) in [7, 11) is 0. The highest BCUT2D eigenvalue weighted by Crippen LogP contribution is 2.26. The van der Waals surface area contributed by atoms with Gasteiger partial charge in [0.2, 0.25) is 5.13 Å². The number of benzene rings is 2. The van der Waals surface area contributed by atoms with Crippen molar-refractivity contribution in [2.24, 2.45) is 0 Å². The number of carbonyl (C=O) groups excluding carboxylic acids is 1. The number of anilines is 1. The average molecular weight is 498 g/mol. The van der Waals surface area contributed by atoms with Crippen LogP contribution in [-0.2, 0) is 6.42 Å². The van der Waals surface area contributed by atoms with Crippen LogP contribution in [0.25, 0.3) is 22.2 Å². The van der Waals surface area contributed by atoms with E-state index in [9.17, 15) is 4.79 Å². The number of nitrogens with zero attached hydrogens (tertiary/aromatic N) is 3. The van der Waals surface area contributed by atoms with Gasteiger partial charge in [0, 0.05) is 15.4 Å². The molecule has 0 radical (unpaired) electrons. The fourth-order valence-electron chi connectivity index (χ4n) is 2.90. The van der Waals surface area contributed by atoms with Gasteiger partial charge in [0.05, 0.1) is 16.8 Å². The summed E-state index contributed by atoms with van der Waals surface area (Å²) >= 11 is 10.2. The minimum Gasteiger partial charge on any atom is -0.307 e. The third-order valence-corrected chi connectivity index (χ3v) is 5.98. The normalized spacial score (nSPS) is 10.7. The zero-order valence-corrected chi connectivity index (χ0v) is 19.1. The van der Waals surface area contributed by atoms with Gasteiger partial charge in [-0.25, -0.2) is 4.98 Å². The molecule has 0 saturated heterocycles. The lowest BCUT2D eigenvalue weighted by molar-refractivity contribution is 0.0979.